The Balaban J connectivity index is 2.04. The molecule has 3 rings (SSSR count). The van der Waals surface area contributed by atoms with Crippen molar-refractivity contribution in [3.63, 3.8) is 0 Å². The topological polar surface area (TPSA) is 72.7 Å². The summed E-state index contributed by atoms with van der Waals surface area (Å²) in [5.74, 6) is 0.232. The van der Waals surface area contributed by atoms with E-state index in [-0.39, 0.29) is 17.1 Å². The van der Waals surface area contributed by atoms with E-state index in [0.717, 1.165) is 15.6 Å². The van der Waals surface area contributed by atoms with Gasteiger partial charge in [-0.15, -0.1) is 0 Å². The van der Waals surface area contributed by atoms with E-state index in [9.17, 15) is 14.9 Å². The van der Waals surface area contributed by atoms with Gasteiger partial charge < -0.3 is 9.64 Å². The molecular weight excluding hydrogens is 340 g/mol. The van der Waals surface area contributed by atoms with Crippen molar-refractivity contribution >= 4 is 23.2 Å². The molecule has 0 aromatic heterocycles. The molecule has 1 aromatic carbocycles. The number of anilines is 1. The van der Waals surface area contributed by atoms with Gasteiger partial charge in [0.05, 0.1) is 17.2 Å². The van der Waals surface area contributed by atoms with Crippen LogP contribution < -0.4 is 4.90 Å². The molecule has 0 amide bonds. The fourth-order valence-corrected chi connectivity index (χ4v) is 3.66. The third-order valence-corrected chi connectivity index (χ3v) is 4.97. The van der Waals surface area contributed by atoms with E-state index in [1.165, 1.54) is 18.2 Å². The Morgan fingerprint density at radius 2 is 2.12 bits per heavy atom. The molecule has 2 aliphatic rings. The van der Waals surface area contributed by atoms with Gasteiger partial charge in [-0.2, -0.15) is 0 Å². The number of nitrogens with zero attached hydrogens (tertiary/aromatic N) is 2. The van der Waals surface area contributed by atoms with Crippen LogP contribution >= 0.6 is 11.8 Å². The van der Waals surface area contributed by atoms with Crippen LogP contribution in [0.25, 0.3) is 0 Å². The lowest BCUT2D eigenvalue weighted by molar-refractivity contribution is -0.419. The first-order valence-electron chi connectivity index (χ1n) is 7.69. The van der Waals surface area contributed by atoms with Gasteiger partial charge >= 0.3 is 0 Å². The minimum atomic E-state index is -0.517. The lowest BCUT2D eigenvalue weighted by atomic mass is 10.0. The van der Waals surface area contributed by atoms with E-state index >= 15 is 0 Å². The van der Waals surface area contributed by atoms with Crippen molar-refractivity contribution in [1.29, 1.82) is 0 Å². The monoisotopic (exact) mass is 356 g/mol. The van der Waals surface area contributed by atoms with Crippen molar-refractivity contribution in [3.8, 4) is 0 Å². The average molecular weight is 356 g/mol. The largest absolute Gasteiger partial charge is 0.491 e. The second-order valence-corrected chi connectivity index (χ2v) is 6.39. The second-order valence-electron chi connectivity index (χ2n) is 5.35. The Morgan fingerprint density at radius 1 is 1.36 bits per heavy atom. The Kier molecular flexibility index (Phi) is 4.76. The standard InChI is InChI=1S/C18H16N2O4S/c1-3-24-16(11-12-10-13(20(22)23)8-9-15(12)21)18-19(2)14-6-4-5-7-17(14)25-18/h4-11H,3H2,1-2H3/b12-11+,18-16+. The third kappa shape index (κ3) is 3.36. The SMILES string of the molecule is CCOC(/C=C1\C=C([N+](=O)[O-])C=CC1=O)=C1/Sc2ccccc2N1C. The van der Waals surface area contributed by atoms with Crippen LogP contribution in [0.4, 0.5) is 5.69 Å². The van der Waals surface area contributed by atoms with Crippen LogP contribution in [0.3, 0.4) is 0 Å². The van der Waals surface area contributed by atoms with Gasteiger partial charge in [-0.25, -0.2) is 0 Å². The number of para-hydroxylation sites is 1. The Morgan fingerprint density at radius 3 is 2.80 bits per heavy atom. The fourth-order valence-electron chi connectivity index (χ4n) is 2.54. The first-order chi connectivity index (χ1) is 12.0. The molecule has 0 spiro atoms. The number of nitro groups is 1. The highest BCUT2D eigenvalue weighted by Gasteiger charge is 2.26. The predicted octanol–water partition coefficient (Wildman–Crippen LogP) is 3.66. The molecule has 128 valence electrons. The number of hydrogen-bond acceptors (Lipinski definition) is 6. The van der Waals surface area contributed by atoms with Crippen molar-refractivity contribution in [1.82, 2.24) is 0 Å². The highest BCUT2D eigenvalue weighted by atomic mass is 32.2. The van der Waals surface area contributed by atoms with Gasteiger partial charge in [-0.05, 0) is 31.2 Å². The summed E-state index contributed by atoms with van der Waals surface area (Å²) in [6, 6.07) is 7.94. The van der Waals surface area contributed by atoms with E-state index in [2.05, 4.69) is 0 Å². The van der Waals surface area contributed by atoms with Crippen molar-refractivity contribution in [2.24, 2.45) is 0 Å². The molecule has 25 heavy (non-hydrogen) atoms. The molecule has 0 saturated heterocycles. The molecule has 7 heteroatoms. The molecule has 1 aliphatic heterocycles. The maximum Gasteiger partial charge on any atom is 0.270 e. The maximum absolute atomic E-state index is 12.1. The van der Waals surface area contributed by atoms with E-state index in [1.54, 1.807) is 17.8 Å². The van der Waals surface area contributed by atoms with Gasteiger partial charge in [0.2, 0.25) is 0 Å². The summed E-state index contributed by atoms with van der Waals surface area (Å²) in [6.45, 7) is 2.27. The highest BCUT2D eigenvalue weighted by Crippen LogP contribution is 2.46. The quantitative estimate of drug-likeness (QED) is 0.355. The van der Waals surface area contributed by atoms with Crippen LogP contribution in [0.5, 0.6) is 0 Å². The smallest absolute Gasteiger partial charge is 0.270 e. The zero-order valence-electron chi connectivity index (χ0n) is 13.8. The number of benzene rings is 1. The van der Waals surface area contributed by atoms with Gasteiger partial charge in [-0.1, -0.05) is 23.9 Å². The maximum atomic E-state index is 12.1. The number of ether oxygens (including phenoxy) is 1. The van der Waals surface area contributed by atoms with Gasteiger partial charge in [0.25, 0.3) is 5.70 Å². The molecule has 0 N–H and O–H groups in total. The minimum absolute atomic E-state index is 0.123. The van der Waals surface area contributed by atoms with Gasteiger partial charge in [0, 0.05) is 29.7 Å². The Labute approximate surface area is 149 Å². The van der Waals surface area contributed by atoms with Crippen LogP contribution in [0.2, 0.25) is 0 Å². The first-order valence-corrected chi connectivity index (χ1v) is 8.50. The molecule has 6 nitrogen and oxygen atoms in total. The summed E-state index contributed by atoms with van der Waals surface area (Å²) in [5.41, 5.74) is 1.16. The first kappa shape index (κ1) is 17.0. The average Bonchev–Trinajstić information content (AvgIpc) is 2.93. The number of carbonyl (C=O) groups is 1. The summed E-state index contributed by atoms with van der Waals surface area (Å²) in [4.78, 5) is 25.6. The molecule has 0 atom stereocenters. The van der Waals surface area contributed by atoms with E-state index in [1.807, 2.05) is 43.1 Å². The van der Waals surface area contributed by atoms with Crippen LogP contribution in [-0.4, -0.2) is 24.4 Å². The Hall–Kier alpha value is -2.80. The van der Waals surface area contributed by atoms with Crippen LogP contribution in [0, 0.1) is 10.1 Å². The predicted molar refractivity (Wildman–Crippen MR) is 96.7 cm³/mol. The highest BCUT2D eigenvalue weighted by molar-refractivity contribution is 8.03. The van der Waals surface area contributed by atoms with Gasteiger partial charge in [-0.3, -0.25) is 14.9 Å². The van der Waals surface area contributed by atoms with Gasteiger partial charge in [0.15, 0.2) is 11.5 Å². The molecule has 0 bridgehead atoms. The van der Waals surface area contributed by atoms with Crippen molar-refractivity contribution in [2.45, 2.75) is 11.8 Å². The number of carbonyl (C=O) groups excluding carboxylic acids is 1. The molecular formula is C18H16N2O4S. The summed E-state index contributed by atoms with van der Waals surface area (Å²) >= 11 is 1.54. The second kappa shape index (κ2) is 6.98. The number of thioether (sulfide) groups is 1. The van der Waals surface area contributed by atoms with Crippen molar-refractivity contribution < 1.29 is 14.5 Å². The summed E-state index contributed by atoms with van der Waals surface area (Å²) in [7, 11) is 1.92. The lowest BCUT2D eigenvalue weighted by Gasteiger charge is -2.17. The fraction of sp³-hybridized carbons (Fsp3) is 0.167. The van der Waals surface area contributed by atoms with E-state index in [4.69, 9.17) is 4.74 Å². The summed E-state index contributed by atoms with van der Waals surface area (Å²) in [5, 5.41) is 11.8. The van der Waals surface area contributed by atoms with Crippen LogP contribution in [0.15, 0.2) is 75.5 Å². The van der Waals surface area contributed by atoms with Crippen molar-refractivity contribution in [2.75, 3.05) is 18.6 Å². The van der Waals surface area contributed by atoms with Crippen molar-refractivity contribution in [3.05, 3.63) is 80.7 Å². The number of ketones is 1. The third-order valence-electron chi connectivity index (χ3n) is 3.74. The molecule has 1 aromatic rings. The number of allylic oxidation sites excluding steroid dienone is 5. The summed E-state index contributed by atoms with van der Waals surface area (Å²) in [6.07, 6.45) is 5.26. The lowest BCUT2D eigenvalue weighted by Crippen LogP contribution is -2.13. The zero-order chi connectivity index (χ0) is 18.0. The normalized spacial score (nSPS) is 19.8. The van der Waals surface area contributed by atoms with Gasteiger partial charge in [0.1, 0.15) is 5.03 Å². The number of hydrogen-bond donors (Lipinski definition) is 0. The zero-order valence-corrected chi connectivity index (χ0v) is 14.6. The molecule has 0 unspecified atom stereocenters. The van der Waals surface area contributed by atoms with E-state index in [0.29, 0.717) is 12.4 Å². The minimum Gasteiger partial charge on any atom is -0.491 e. The molecule has 0 fully saturated rings. The van der Waals surface area contributed by atoms with Crippen LogP contribution in [0.1, 0.15) is 6.92 Å². The van der Waals surface area contributed by atoms with E-state index < -0.39 is 4.92 Å². The number of rotatable bonds is 4. The number of fused-ring (bicyclic) bond motifs is 1. The van der Waals surface area contributed by atoms with Crippen LogP contribution in [-0.2, 0) is 9.53 Å². The molecule has 1 aliphatic carbocycles. The molecule has 1 heterocycles. The summed E-state index contributed by atoms with van der Waals surface area (Å²) < 4.78 is 5.74. The Bertz CT molecular complexity index is 868. The molecule has 0 saturated carbocycles. The molecule has 0 radical (unpaired) electrons.